The summed E-state index contributed by atoms with van der Waals surface area (Å²) in [6.07, 6.45) is 6.78. The number of fused-ring (bicyclic) bond motifs is 1. The van der Waals surface area contributed by atoms with Gasteiger partial charge in [-0.15, -0.1) is 18.3 Å². The van der Waals surface area contributed by atoms with Gasteiger partial charge in [0.25, 0.3) is 0 Å². The predicted octanol–water partition coefficient (Wildman–Crippen LogP) is 4.57. The van der Waals surface area contributed by atoms with Crippen LogP contribution in [0, 0.1) is 17.3 Å². The molecule has 0 saturated carbocycles. The Morgan fingerprint density at radius 1 is 1.21 bits per heavy atom. The van der Waals surface area contributed by atoms with Crippen molar-refractivity contribution in [3.8, 4) is 0 Å². The Morgan fingerprint density at radius 3 is 2.47 bits per heavy atom. The standard InChI is InChI=1S/C29H45BrN2O5S/c1-8-13-32(28(6,7)18-27(3,4)5)25(35)23-29-17-19(30)22(38-29)20(26(36)37-16-9-2)21(29)24(34)31(23)14-11-10-12-15-33/h8-9,19-23,33H,1-2,10-18H2,3-7H3/t19?,20-,21-,22-,23?,29?/m0/s1. The fourth-order valence-corrected chi connectivity index (χ4v) is 10.6. The SMILES string of the molecule is C=CCOC(=O)[C@H]1[C@H]2C(=O)N(CCCCCO)C(C(=O)N(CC=C)C(C)(C)CC(C)(C)C)C23CC(Br)[C@@H]1S3. The van der Waals surface area contributed by atoms with E-state index in [2.05, 4.69) is 63.7 Å². The van der Waals surface area contributed by atoms with Gasteiger partial charge in [0.1, 0.15) is 12.6 Å². The summed E-state index contributed by atoms with van der Waals surface area (Å²) in [5.74, 6) is -1.82. The highest BCUT2D eigenvalue weighted by Gasteiger charge is 2.76. The number of aliphatic hydroxyl groups is 1. The molecule has 3 aliphatic rings. The number of hydrogen-bond acceptors (Lipinski definition) is 6. The van der Waals surface area contributed by atoms with E-state index < -0.39 is 34.1 Å². The Labute approximate surface area is 240 Å². The highest BCUT2D eigenvalue weighted by atomic mass is 79.9. The molecule has 0 aromatic carbocycles. The van der Waals surface area contributed by atoms with Gasteiger partial charge in [0.15, 0.2) is 0 Å². The normalized spacial score (nSPS) is 30.3. The van der Waals surface area contributed by atoms with Crippen LogP contribution in [0.25, 0.3) is 0 Å². The van der Waals surface area contributed by atoms with Gasteiger partial charge in [0, 0.05) is 35.3 Å². The number of ether oxygens (including phenoxy) is 1. The Bertz CT molecular complexity index is 934. The van der Waals surface area contributed by atoms with E-state index in [9.17, 15) is 19.5 Å². The maximum atomic E-state index is 14.7. The zero-order chi connectivity index (χ0) is 28.5. The minimum absolute atomic E-state index is 0.00194. The van der Waals surface area contributed by atoms with E-state index in [0.717, 1.165) is 12.8 Å². The summed E-state index contributed by atoms with van der Waals surface area (Å²) < 4.78 is 4.76. The molecule has 3 fully saturated rings. The number of thioether (sulfide) groups is 1. The number of nitrogens with zero attached hydrogens (tertiary/aromatic N) is 2. The molecule has 0 aromatic rings. The van der Waals surface area contributed by atoms with E-state index in [1.807, 2.05) is 4.90 Å². The van der Waals surface area contributed by atoms with Gasteiger partial charge in [-0.05, 0) is 51.4 Å². The van der Waals surface area contributed by atoms with Crippen LogP contribution < -0.4 is 0 Å². The molecule has 6 atom stereocenters. The molecule has 2 amide bonds. The molecular weight excluding hydrogens is 568 g/mol. The lowest BCUT2D eigenvalue weighted by Crippen LogP contribution is -2.60. The molecule has 38 heavy (non-hydrogen) atoms. The number of rotatable bonds is 13. The van der Waals surface area contributed by atoms with Crippen molar-refractivity contribution in [1.29, 1.82) is 0 Å². The Kier molecular flexibility index (Phi) is 9.90. The Morgan fingerprint density at radius 2 is 1.89 bits per heavy atom. The zero-order valence-electron chi connectivity index (χ0n) is 23.6. The van der Waals surface area contributed by atoms with Gasteiger partial charge in [0.2, 0.25) is 11.8 Å². The quantitative estimate of drug-likeness (QED) is 0.142. The Hall–Kier alpha value is -1.32. The third kappa shape index (κ3) is 5.90. The minimum Gasteiger partial charge on any atom is -0.461 e. The topological polar surface area (TPSA) is 87.1 Å². The molecule has 1 N–H and O–H groups in total. The minimum atomic E-state index is -0.709. The molecule has 7 nitrogen and oxygen atoms in total. The summed E-state index contributed by atoms with van der Waals surface area (Å²) in [4.78, 5) is 45.7. The number of unbranched alkanes of at least 4 members (excludes halogenated alkanes) is 2. The lowest BCUT2D eigenvalue weighted by atomic mass is 9.70. The molecule has 3 saturated heterocycles. The zero-order valence-corrected chi connectivity index (χ0v) is 26.0. The molecule has 0 radical (unpaired) electrons. The number of amides is 2. The van der Waals surface area contributed by atoms with Gasteiger partial charge >= 0.3 is 5.97 Å². The van der Waals surface area contributed by atoms with Crippen LogP contribution in [0.3, 0.4) is 0 Å². The molecule has 9 heteroatoms. The number of alkyl halides is 1. The third-order valence-corrected chi connectivity index (χ3v) is 11.2. The number of carbonyl (C=O) groups excluding carboxylic acids is 3. The number of halogens is 1. The van der Waals surface area contributed by atoms with Gasteiger partial charge in [-0.3, -0.25) is 14.4 Å². The van der Waals surface area contributed by atoms with E-state index in [1.54, 1.807) is 22.7 Å². The van der Waals surface area contributed by atoms with Crippen LogP contribution in [-0.2, 0) is 19.1 Å². The van der Waals surface area contributed by atoms with E-state index >= 15 is 0 Å². The van der Waals surface area contributed by atoms with Crippen LogP contribution in [0.4, 0.5) is 0 Å². The van der Waals surface area contributed by atoms with Crippen molar-refractivity contribution >= 4 is 45.5 Å². The van der Waals surface area contributed by atoms with Gasteiger partial charge in [-0.2, -0.15) is 0 Å². The molecule has 1 spiro atoms. The second-order valence-electron chi connectivity index (χ2n) is 12.7. The van der Waals surface area contributed by atoms with Crippen molar-refractivity contribution in [2.24, 2.45) is 17.3 Å². The highest BCUT2D eigenvalue weighted by molar-refractivity contribution is 9.09. The first-order chi connectivity index (χ1) is 17.8. The average Bonchev–Trinajstić information content (AvgIpc) is 3.40. The summed E-state index contributed by atoms with van der Waals surface area (Å²) in [6.45, 7) is 19.2. The average molecular weight is 614 g/mol. The van der Waals surface area contributed by atoms with Crippen molar-refractivity contribution in [1.82, 2.24) is 9.80 Å². The first-order valence-corrected chi connectivity index (χ1v) is 15.5. The lowest BCUT2D eigenvalue weighted by molar-refractivity contribution is -0.153. The molecular formula is C29H45BrN2O5S. The second-order valence-corrected chi connectivity index (χ2v) is 15.4. The smallest absolute Gasteiger partial charge is 0.311 e. The Balaban J connectivity index is 2.06. The lowest BCUT2D eigenvalue weighted by Gasteiger charge is -2.46. The number of hydrogen-bond donors (Lipinski definition) is 1. The van der Waals surface area contributed by atoms with E-state index in [0.29, 0.717) is 32.4 Å². The summed E-state index contributed by atoms with van der Waals surface area (Å²) in [5.41, 5.74) is -0.484. The van der Waals surface area contributed by atoms with E-state index in [-0.39, 0.29) is 40.5 Å². The maximum Gasteiger partial charge on any atom is 0.311 e. The first-order valence-electron chi connectivity index (χ1n) is 13.7. The van der Waals surface area contributed by atoms with Crippen molar-refractivity contribution in [2.75, 3.05) is 26.3 Å². The summed E-state index contributed by atoms with van der Waals surface area (Å²) in [5, 5.41) is 9.12. The summed E-state index contributed by atoms with van der Waals surface area (Å²) >= 11 is 5.42. The molecule has 3 heterocycles. The number of aliphatic hydroxyl groups excluding tert-OH is 1. The number of carbonyl (C=O) groups is 3. The van der Waals surface area contributed by atoms with E-state index in [1.165, 1.54) is 6.08 Å². The van der Waals surface area contributed by atoms with Crippen molar-refractivity contribution < 1.29 is 24.2 Å². The van der Waals surface area contributed by atoms with Crippen molar-refractivity contribution in [3.05, 3.63) is 25.3 Å². The van der Waals surface area contributed by atoms with Crippen LogP contribution >= 0.6 is 27.7 Å². The first kappa shape index (κ1) is 31.2. The molecule has 2 bridgehead atoms. The van der Waals surface area contributed by atoms with Crippen LogP contribution in [0.15, 0.2) is 25.3 Å². The highest BCUT2D eigenvalue weighted by Crippen LogP contribution is 2.68. The van der Waals surface area contributed by atoms with Gasteiger partial charge in [0.05, 0.1) is 16.6 Å². The van der Waals surface area contributed by atoms with Gasteiger partial charge in [-0.1, -0.05) is 55.4 Å². The number of esters is 1. The maximum absolute atomic E-state index is 14.7. The summed E-state index contributed by atoms with van der Waals surface area (Å²) in [7, 11) is 0. The largest absolute Gasteiger partial charge is 0.461 e. The fourth-order valence-electron chi connectivity index (χ4n) is 7.03. The molecule has 3 aliphatic heterocycles. The van der Waals surface area contributed by atoms with Crippen molar-refractivity contribution in [3.63, 3.8) is 0 Å². The van der Waals surface area contributed by atoms with Crippen molar-refractivity contribution in [2.45, 2.75) is 93.1 Å². The fraction of sp³-hybridized carbons (Fsp3) is 0.759. The van der Waals surface area contributed by atoms with Gasteiger partial charge in [-0.25, -0.2) is 0 Å². The van der Waals surface area contributed by atoms with Gasteiger partial charge < -0.3 is 19.6 Å². The summed E-state index contributed by atoms with van der Waals surface area (Å²) in [6, 6.07) is -0.680. The molecule has 3 rings (SSSR count). The molecule has 0 aliphatic carbocycles. The number of likely N-dealkylation sites (tertiary alicyclic amines) is 1. The monoisotopic (exact) mass is 612 g/mol. The van der Waals surface area contributed by atoms with E-state index in [4.69, 9.17) is 4.74 Å². The van der Waals surface area contributed by atoms with Crippen LogP contribution in [0.5, 0.6) is 0 Å². The third-order valence-electron chi connectivity index (χ3n) is 7.97. The molecule has 214 valence electrons. The second kappa shape index (κ2) is 12.0. The van der Waals surface area contributed by atoms with Crippen LogP contribution in [-0.4, -0.2) is 85.4 Å². The molecule has 0 aromatic heterocycles. The predicted molar refractivity (Wildman–Crippen MR) is 156 cm³/mol. The van der Waals surface area contributed by atoms with Crippen LogP contribution in [0.1, 0.15) is 66.7 Å². The molecule has 3 unspecified atom stereocenters. The van der Waals surface area contributed by atoms with Crippen LogP contribution in [0.2, 0.25) is 0 Å².